The molecular formula is C36H45NO9S. The van der Waals surface area contributed by atoms with E-state index in [1.54, 1.807) is 12.1 Å². The molecule has 2 saturated heterocycles. The number of fused-ring (bicyclic) bond motifs is 1. The minimum atomic E-state index is -3.95. The zero-order valence-corrected chi connectivity index (χ0v) is 28.0. The molecule has 0 aliphatic carbocycles. The number of hydrogen-bond donors (Lipinski definition) is 1. The van der Waals surface area contributed by atoms with Crippen molar-refractivity contribution in [2.75, 3.05) is 33.4 Å². The van der Waals surface area contributed by atoms with Crippen LogP contribution in [-0.2, 0) is 46.8 Å². The SMILES string of the molecule is COc1ccc(S(=O)(=O)N(CC(C)C)C[C@@H](O)[C@@H](CC(=O)O[C@H]2CO[C@H]3OC[C@@H](OCc4ccccc4)[C@H]32)Cc2ccccc2)cc1. The third kappa shape index (κ3) is 9.19. The highest BCUT2D eigenvalue weighted by Gasteiger charge is 2.50. The van der Waals surface area contributed by atoms with Crippen LogP contribution in [-0.4, -0.2) is 81.8 Å². The highest BCUT2D eigenvalue weighted by molar-refractivity contribution is 7.89. The number of nitrogens with zero attached hydrogens (tertiary/aromatic N) is 1. The van der Waals surface area contributed by atoms with Gasteiger partial charge in [-0.05, 0) is 47.7 Å². The number of ether oxygens (including phenoxy) is 5. The van der Waals surface area contributed by atoms with Crippen molar-refractivity contribution in [2.24, 2.45) is 17.8 Å². The van der Waals surface area contributed by atoms with Crippen LogP contribution in [0.25, 0.3) is 0 Å². The number of carbonyl (C=O) groups is 1. The Bertz CT molecular complexity index is 1520. The molecule has 6 atom stereocenters. The number of esters is 1. The molecule has 47 heavy (non-hydrogen) atoms. The van der Waals surface area contributed by atoms with Crippen LogP contribution in [0.15, 0.2) is 89.8 Å². The maximum absolute atomic E-state index is 13.8. The molecule has 0 saturated carbocycles. The molecule has 5 rings (SSSR count). The summed E-state index contributed by atoms with van der Waals surface area (Å²) in [6.07, 6.45) is -2.31. The van der Waals surface area contributed by atoms with Crippen LogP contribution in [0.2, 0.25) is 0 Å². The largest absolute Gasteiger partial charge is 0.497 e. The number of methoxy groups -OCH3 is 1. The smallest absolute Gasteiger partial charge is 0.306 e. The average molecular weight is 668 g/mol. The van der Waals surface area contributed by atoms with Gasteiger partial charge in [-0.1, -0.05) is 74.5 Å². The summed E-state index contributed by atoms with van der Waals surface area (Å²) in [6, 6.07) is 25.5. The fourth-order valence-corrected chi connectivity index (χ4v) is 7.76. The summed E-state index contributed by atoms with van der Waals surface area (Å²) in [5, 5.41) is 11.6. The van der Waals surface area contributed by atoms with Crippen molar-refractivity contribution in [1.82, 2.24) is 4.31 Å². The molecule has 0 unspecified atom stereocenters. The molecule has 10 nitrogen and oxygen atoms in total. The molecule has 0 bridgehead atoms. The molecule has 1 N–H and O–H groups in total. The van der Waals surface area contributed by atoms with E-state index < -0.39 is 40.4 Å². The molecule has 0 amide bonds. The monoisotopic (exact) mass is 667 g/mol. The van der Waals surface area contributed by atoms with Crippen molar-refractivity contribution in [3.63, 3.8) is 0 Å². The summed E-state index contributed by atoms with van der Waals surface area (Å²) in [4.78, 5) is 13.6. The Balaban J connectivity index is 1.28. The Morgan fingerprint density at radius 2 is 1.51 bits per heavy atom. The maximum atomic E-state index is 13.8. The minimum Gasteiger partial charge on any atom is -0.497 e. The second-order valence-corrected chi connectivity index (χ2v) is 14.5. The average Bonchev–Trinajstić information content (AvgIpc) is 3.66. The van der Waals surface area contributed by atoms with Crippen molar-refractivity contribution in [3.8, 4) is 5.75 Å². The Hall–Kier alpha value is -3.32. The zero-order valence-electron chi connectivity index (χ0n) is 27.1. The van der Waals surface area contributed by atoms with Gasteiger partial charge in [0.1, 0.15) is 11.9 Å². The van der Waals surface area contributed by atoms with Crippen LogP contribution in [0.1, 0.15) is 31.4 Å². The number of benzene rings is 3. The van der Waals surface area contributed by atoms with Crippen molar-refractivity contribution in [3.05, 3.63) is 96.1 Å². The molecule has 2 aliphatic heterocycles. The predicted octanol–water partition coefficient (Wildman–Crippen LogP) is 4.45. The normalized spacial score (nSPS) is 22.3. The molecule has 3 aromatic carbocycles. The molecule has 11 heteroatoms. The first-order chi connectivity index (χ1) is 22.6. The Morgan fingerprint density at radius 3 is 2.13 bits per heavy atom. The number of hydrogen-bond acceptors (Lipinski definition) is 9. The lowest BCUT2D eigenvalue weighted by atomic mass is 9.90. The molecule has 2 aliphatic rings. The van der Waals surface area contributed by atoms with Crippen LogP contribution >= 0.6 is 0 Å². The lowest BCUT2D eigenvalue weighted by Crippen LogP contribution is -2.43. The lowest BCUT2D eigenvalue weighted by Gasteiger charge is -2.30. The molecule has 0 aromatic heterocycles. The quantitative estimate of drug-likeness (QED) is 0.221. The van der Waals surface area contributed by atoms with Crippen molar-refractivity contribution < 1.29 is 42.0 Å². The molecule has 254 valence electrons. The first-order valence-corrected chi connectivity index (χ1v) is 17.5. The van der Waals surface area contributed by atoms with Gasteiger partial charge in [-0.15, -0.1) is 0 Å². The van der Waals surface area contributed by atoms with E-state index >= 15 is 0 Å². The van der Waals surface area contributed by atoms with Gasteiger partial charge in [-0.3, -0.25) is 4.79 Å². The molecular weight excluding hydrogens is 622 g/mol. The Labute approximate surface area is 277 Å². The van der Waals surface area contributed by atoms with Crippen molar-refractivity contribution in [2.45, 2.75) is 62.8 Å². The number of aliphatic hydroxyl groups is 1. The molecule has 0 radical (unpaired) electrons. The van der Waals surface area contributed by atoms with Crippen LogP contribution in [0.4, 0.5) is 0 Å². The van der Waals surface area contributed by atoms with Crippen molar-refractivity contribution in [1.29, 1.82) is 0 Å². The summed E-state index contributed by atoms with van der Waals surface area (Å²) in [5.74, 6) is -0.863. The minimum absolute atomic E-state index is 0.00578. The van der Waals surface area contributed by atoms with Gasteiger partial charge >= 0.3 is 5.97 Å². The number of aliphatic hydroxyl groups excluding tert-OH is 1. The third-order valence-corrected chi connectivity index (χ3v) is 10.4. The van der Waals surface area contributed by atoms with E-state index in [4.69, 9.17) is 23.7 Å². The lowest BCUT2D eigenvalue weighted by molar-refractivity contribution is -0.155. The number of sulfonamides is 1. The molecule has 2 fully saturated rings. The van der Waals surface area contributed by atoms with E-state index in [0.717, 1.165) is 11.1 Å². The van der Waals surface area contributed by atoms with E-state index in [2.05, 4.69) is 0 Å². The highest BCUT2D eigenvalue weighted by atomic mass is 32.2. The fraction of sp³-hybridized carbons (Fsp3) is 0.472. The third-order valence-electron chi connectivity index (χ3n) is 8.58. The van der Waals surface area contributed by atoms with Crippen LogP contribution < -0.4 is 4.74 Å². The van der Waals surface area contributed by atoms with Crippen LogP contribution in [0, 0.1) is 17.8 Å². The van der Waals surface area contributed by atoms with Crippen LogP contribution in [0.3, 0.4) is 0 Å². The van der Waals surface area contributed by atoms with Gasteiger partial charge in [0.25, 0.3) is 0 Å². The standard InChI is InChI=1S/C36H45NO9S/c1-25(2)20-37(47(40,41)30-16-14-29(42-3)15-17-30)21-31(38)28(18-26-10-6-4-7-11-26)19-34(39)46-33-24-45-36-35(33)32(23-44-36)43-22-27-12-8-5-9-13-27/h4-17,25,28,31-33,35-36,38H,18-24H2,1-3H3/t28-,31-,32-,33+,35+,36-/m1/s1. The van der Waals surface area contributed by atoms with E-state index in [9.17, 15) is 18.3 Å². The summed E-state index contributed by atoms with van der Waals surface area (Å²) < 4.78 is 57.7. The predicted molar refractivity (Wildman–Crippen MR) is 175 cm³/mol. The Kier molecular flexibility index (Phi) is 12.1. The first kappa shape index (κ1) is 35.0. The number of rotatable bonds is 16. The van der Waals surface area contributed by atoms with Gasteiger partial charge in [0.15, 0.2) is 6.29 Å². The van der Waals surface area contributed by atoms with Gasteiger partial charge in [0.2, 0.25) is 10.0 Å². The Morgan fingerprint density at radius 1 is 0.894 bits per heavy atom. The first-order valence-electron chi connectivity index (χ1n) is 16.1. The van der Waals surface area contributed by atoms with Crippen molar-refractivity contribution >= 4 is 16.0 Å². The van der Waals surface area contributed by atoms with Gasteiger partial charge in [0, 0.05) is 19.0 Å². The molecule has 3 aromatic rings. The van der Waals surface area contributed by atoms with Gasteiger partial charge < -0.3 is 28.8 Å². The van der Waals surface area contributed by atoms with E-state index in [0.29, 0.717) is 25.4 Å². The van der Waals surface area contributed by atoms with E-state index in [-0.39, 0.29) is 49.0 Å². The van der Waals surface area contributed by atoms with Gasteiger partial charge in [0.05, 0.1) is 56.4 Å². The summed E-state index contributed by atoms with van der Waals surface area (Å²) in [7, 11) is -2.44. The number of carbonyl (C=O) groups excluding carboxylic acids is 1. The highest BCUT2D eigenvalue weighted by Crippen LogP contribution is 2.36. The summed E-state index contributed by atoms with van der Waals surface area (Å²) in [6.45, 7) is 4.76. The van der Waals surface area contributed by atoms with Gasteiger partial charge in [-0.25, -0.2) is 8.42 Å². The summed E-state index contributed by atoms with van der Waals surface area (Å²) >= 11 is 0. The second-order valence-electron chi connectivity index (χ2n) is 12.6. The maximum Gasteiger partial charge on any atom is 0.306 e. The summed E-state index contributed by atoms with van der Waals surface area (Å²) in [5.41, 5.74) is 1.95. The van der Waals surface area contributed by atoms with E-state index in [1.807, 2.05) is 74.5 Å². The second kappa shape index (κ2) is 16.2. The zero-order chi connectivity index (χ0) is 33.4. The molecule has 0 spiro atoms. The topological polar surface area (TPSA) is 121 Å². The van der Waals surface area contributed by atoms with E-state index in [1.165, 1.54) is 23.5 Å². The fourth-order valence-electron chi connectivity index (χ4n) is 6.14. The van der Waals surface area contributed by atoms with Crippen LogP contribution in [0.5, 0.6) is 5.75 Å². The van der Waals surface area contributed by atoms with Gasteiger partial charge in [-0.2, -0.15) is 4.31 Å². The molecule has 2 heterocycles.